The maximum atomic E-state index is 13.1. The van der Waals surface area contributed by atoms with E-state index in [0.29, 0.717) is 10.8 Å². The molecule has 116 valence electrons. The van der Waals surface area contributed by atoms with Crippen molar-refractivity contribution in [3.8, 4) is 5.69 Å². The first-order chi connectivity index (χ1) is 11.2. The highest BCUT2D eigenvalue weighted by molar-refractivity contribution is 7.13. The van der Waals surface area contributed by atoms with Gasteiger partial charge in [-0.25, -0.2) is 9.07 Å². The number of halogens is 1. The molecule has 8 heteroatoms. The Bertz CT molecular complexity index is 857. The number of anilines is 1. The van der Waals surface area contributed by atoms with Gasteiger partial charge >= 0.3 is 0 Å². The van der Waals surface area contributed by atoms with Crippen molar-refractivity contribution in [2.24, 2.45) is 0 Å². The average molecular weight is 329 g/mol. The topological polar surface area (TPSA) is 72.7 Å². The predicted octanol–water partition coefficient (Wildman–Crippen LogP) is 2.60. The Kier molecular flexibility index (Phi) is 3.38. The highest BCUT2D eigenvalue weighted by Gasteiger charge is 2.27. The van der Waals surface area contributed by atoms with Gasteiger partial charge in [-0.1, -0.05) is 11.3 Å². The molecular weight excluding hydrogens is 317 g/mol. The normalized spacial score (nSPS) is 13.1. The summed E-state index contributed by atoms with van der Waals surface area (Å²) in [5, 5.41) is 15.1. The Balaban J connectivity index is 1.72. The number of benzene rings is 1. The first kappa shape index (κ1) is 14.0. The molecule has 1 aromatic carbocycles. The van der Waals surface area contributed by atoms with E-state index in [9.17, 15) is 9.18 Å². The van der Waals surface area contributed by atoms with Crippen molar-refractivity contribution in [1.29, 1.82) is 0 Å². The van der Waals surface area contributed by atoms with Crippen LogP contribution < -0.4 is 5.32 Å². The van der Waals surface area contributed by atoms with E-state index in [1.807, 2.05) is 0 Å². The van der Waals surface area contributed by atoms with Crippen LogP contribution in [-0.4, -0.2) is 25.9 Å². The van der Waals surface area contributed by atoms with Crippen LogP contribution in [0.4, 0.5) is 9.52 Å². The van der Waals surface area contributed by atoms with E-state index >= 15 is 0 Å². The molecule has 6 nitrogen and oxygen atoms in total. The van der Waals surface area contributed by atoms with Gasteiger partial charge in [0.1, 0.15) is 11.3 Å². The number of rotatable bonds is 3. The zero-order valence-electron chi connectivity index (χ0n) is 12.0. The summed E-state index contributed by atoms with van der Waals surface area (Å²) < 4.78 is 14.8. The van der Waals surface area contributed by atoms with Gasteiger partial charge in [-0.2, -0.15) is 5.10 Å². The van der Waals surface area contributed by atoms with Crippen molar-refractivity contribution in [3.05, 3.63) is 52.5 Å². The maximum absolute atomic E-state index is 13.1. The Morgan fingerprint density at radius 1 is 1.26 bits per heavy atom. The molecule has 0 spiro atoms. The molecule has 23 heavy (non-hydrogen) atoms. The number of hydrogen-bond acceptors (Lipinski definition) is 5. The number of nitrogens with zero attached hydrogens (tertiary/aromatic N) is 4. The maximum Gasteiger partial charge on any atom is 0.278 e. The first-order valence-electron chi connectivity index (χ1n) is 7.16. The number of hydrogen-bond donors (Lipinski definition) is 1. The van der Waals surface area contributed by atoms with E-state index in [4.69, 9.17) is 0 Å². The molecule has 1 amide bonds. The fourth-order valence-corrected chi connectivity index (χ4v) is 3.24. The van der Waals surface area contributed by atoms with E-state index in [1.165, 1.54) is 23.5 Å². The van der Waals surface area contributed by atoms with Crippen LogP contribution in [0.5, 0.6) is 0 Å². The molecule has 3 aromatic rings. The zero-order chi connectivity index (χ0) is 15.8. The van der Waals surface area contributed by atoms with Crippen LogP contribution in [0.1, 0.15) is 28.2 Å². The lowest BCUT2D eigenvalue weighted by Crippen LogP contribution is -2.14. The molecule has 2 aromatic heterocycles. The van der Waals surface area contributed by atoms with Gasteiger partial charge < -0.3 is 0 Å². The third-order valence-corrected chi connectivity index (χ3v) is 4.40. The van der Waals surface area contributed by atoms with E-state index < -0.39 is 0 Å². The molecule has 0 unspecified atom stereocenters. The highest BCUT2D eigenvalue weighted by atomic mass is 32.1. The second-order valence-electron chi connectivity index (χ2n) is 5.21. The molecule has 4 rings (SSSR count). The van der Waals surface area contributed by atoms with Crippen LogP contribution in [0.3, 0.4) is 0 Å². The van der Waals surface area contributed by atoms with Crippen LogP contribution in [0.15, 0.2) is 29.8 Å². The second kappa shape index (κ2) is 5.54. The first-order valence-corrected chi connectivity index (χ1v) is 8.04. The van der Waals surface area contributed by atoms with Gasteiger partial charge in [0.15, 0.2) is 5.69 Å². The molecule has 1 N–H and O–H groups in total. The second-order valence-corrected chi connectivity index (χ2v) is 6.05. The lowest BCUT2D eigenvalue weighted by Gasteiger charge is -2.05. The molecule has 0 fully saturated rings. The number of fused-ring (bicyclic) bond motifs is 1. The van der Waals surface area contributed by atoms with Gasteiger partial charge in [-0.3, -0.25) is 10.1 Å². The quantitative estimate of drug-likeness (QED) is 0.802. The molecule has 0 saturated heterocycles. The van der Waals surface area contributed by atoms with Crippen molar-refractivity contribution in [2.45, 2.75) is 19.3 Å². The lowest BCUT2D eigenvalue weighted by atomic mass is 10.2. The van der Waals surface area contributed by atoms with Crippen molar-refractivity contribution in [3.63, 3.8) is 0 Å². The monoisotopic (exact) mass is 329 g/mol. The van der Waals surface area contributed by atoms with Crippen molar-refractivity contribution in [2.75, 3.05) is 5.32 Å². The van der Waals surface area contributed by atoms with Gasteiger partial charge in [-0.15, -0.1) is 10.2 Å². The summed E-state index contributed by atoms with van der Waals surface area (Å²) in [4.78, 5) is 12.5. The minimum absolute atomic E-state index is 0.291. The molecule has 0 bridgehead atoms. The van der Waals surface area contributed by atoms with Crippen molar-refractivity contribution < 1.29 is 9.18 Å². The number of carbonyl (C=O) groups is 1. The molecule has 0 radical (unpaired) electrons. The van der Waals surface area contributed by atoms with Gasteiger partial charge in [-0.05, 0) is 43.5 Å². The summed E-state index contributed by atoms with van der Waals surface area (Å²) in [5.74, 6) is -0.590. The SMILES string of the molecule is O=C(Nc1nncs1)c1nn(-c2ccc(F)cc2)c2c1CCC2. The smallest absolute Gasteiger partial charge is 0.278 e. The van der Waals surface area contributed by atoms with Gasteiger partial charge in [0.25, 0.3) is 5.91 Å². The third kappa shape index (κ3) is 2.50. The number of amides is 1. The molecule has 0 saturated carbocycles. The van der Waals surface area contributed by atoms with E-state index in [2.05, 4.69) is 20.6 Å². The summed E-state index contributed by atoms with van der Waals surface area (Å²) in [6, 6.07) is 6.10. The van der Waals surface area contributed by atoms with Crippen LogP contribution >= 0.6 is 11.3 Å². The van der Waals surface area contributed by atoms with E-state index in [-0.39, 0.29) is 11.7 Å². The highest BCUT2D eigenvalue weighted by Crippen LogP contribution is 2.28. The summed E-state index contributed by atoms with van der Waals surface area (Å²) in [6.07, 6.45) is 2.65. The molecule has 1 aliphatic carbocycles. The third-order valence-electron chi connectivity index (χ3n) is 3.80. The minimum Gasteiger partial charge on any atom is -0.295 e. The fraction of sp³-hybridized carbons (Fsp3) is 0.200. The van der Waals surface area contributed by atoms with Gasteiger partial charge in [0.2, 0.25) is 5.13 Å². The van der Waals surface area contributed by atoms with Gasteiger partial charge in [0, 0.05) is 11.3 Å². The van der Waals surface area contributed by atoms with Gasteiger partial charge in [0.05, 0.1) is 5.69 Å². The number of nitrogens with one attached hydrogen (secondary N) is 1. The Morgan fingerprint density at radius 2 is 2.09 bits per heavy atom. The number of aromatic nitrogens is 4. The zero-order valence-corrected chi connectivity index (χ0v) is 12.8. The van der Waals surface area contributed by atoms with Crippen LogP contribution in [-0.2, 0) is 12.8 Å². The summed E-state index contributed by atoms with van der Waals surface area (Å²) >= 11 is 1.25. The average Bonchev–Trinajstić information content (AvgIpc) is 3.24. The van der Waals surface area contributed by atoms with E-state index in [0.717, 1.165) is 36.2 Å². The summed E-state index contributed by atoms with van der Waals surface area (Å²) in [6.45, 7) is 0. The molecule has 1 aliphatic rings. The molecule has 0 atom stereocenters. The Morgan fingerprint density at radius 3 is 2.83 bits per heavy atom. The van der Waals surface area contributed by atoms with E-state index in [1.54, 1.807) is 22.3 Å². The fourth-order valence-electron chi connectivity index (χ4n) is 2.80. The van der Waals surface area contributed by atoms with Crippen molar-refractivity contribution >= 4 is 22.4 Å². The lowest BCUT2D eigenvalue weighted by molar-refractivity contribution is 0.102. The van der Waals surface area contributed by atoms with Crippen LogP contribution in [0, 0.1) is 5.82 Å². The Labute approximate surface area is 135 Å². The predicted molar refractivity (Wildman–Crippen MR) is 83.4 cm³/mol. The van der Waals surface area contributed by atoms with Crippen LogP contribution in [0.2, 0.25) is 0 Å². The minimum atomic E-state index is -0.299. The molecular formula is C15H12FN5OS. The standard InChI is InChI=1S/C15H12FN5OS/c16-9-4-6-10(7-5-9)21-12-3-1-2-11(12)13(20-21)14(22)18-15-19-17-8-23-15/h4-8H,1-3H2,(H,18,19,22). The summed E-state index contributed by atoms with van der Waals surface area (Å²) in [7, 11) is 0. The van der Waals surface area contributed by atoms with Crippen molar-refractivity contribution in [1.82, 2.24) is 20.0 Å². The molecule has 2 heterocycles. The largest absolute Gasteiger partial charge is 0.295 e. The summed E-state index contributed by atoms with van der Waals surface area (Å²) in [5.41, 5.74) is 4.67. The molecule has 0 aliphatic heterocycles. The Hall–Kier alpha value is -2.61. The number of carbonyl (C=O) groups excluding carboxylic acids is 1. The van der Waals surface area contributed by atoms with Crippen LogP contribution in [0.25, 0.3) is 5.69 Å².